The fourth-order valence-electron chi connectivity index (χ4n) is 3.03. The van der Waals surface area contributed by atoms with Crippen molar-refractivity contribution in [3.05, 3.63) is 62.1 Å². The van der Waals surface area contributed by atoms with Crippen LogP contribution < -0.4 is 9.62 Å². The van der Waals surface area contributed by atoms with Gasteiger partial charge in [-0.3, -0.25) is 13.9 Å². The first-order valence-corrected chi connectivity index (χ1v) is 13.1. The van der Waals surface area contributed by atoms with Crippen LogP contribution in [0.4, 0.5) is 5.69 Å². The summed E-state index contributed by atoms with van der Waals surface area (Å²) in [6.07, 6.45) is 0.938. The Balaban J connectivity index is 2.46. The lowest BCUT2D eigenvalue weighted by Gasteiger charge is -2.31. The normalized spacial score (nSPS) is 12.2. The largest absolute Gasteiger partial charge is 0.355 e. The fraction of sp³-hybridized carbons (Fsp3) is 0.333. The number of nitrogens with one attached hydrogen (secondary N) is 1. The summed E-state index contributed by atoms with van der Waals surface area (Å²) in [7, 11) is -3.96. The molecule has 0 saturated carbocycles. The molecule has 0 saturated heterocycles. The van der Waals surface area contributed by atoms with Crippen molar-refractivity contribution in [2.75, 3.05) is 23.7 Å². The van der Waals surface area contributed by atoms with Gasteiger partial charge in [-0.05, 0) is 43.7 Å². The number of anilines is 1. The van der Waals surface area contributed by atoms with Gasteiger partial charge in [-0.2, -0.15) is 0 Å². The van der Waals surface area contributed by atoms with Crippen LogP contribution in [0.15, 0.2) is 36.4 Å². The number of hydrogen-bond acceptors (Lipinski definition) is 4. The van der Waals surface area contributed by atoms with Crippen LogP contribution in [0.1, 0.15) is 19.4 Å². The lowest BCUT2D eigenvalue weighted by atomic mass is 10.1. The smallest absolute Gasteiger partial charge is 0.244 e. The van der Waals surface area contributed by atoms with Gasteiger partial charge in [0.25, 0.3) is 0 Å². The molecule has 12 heteroatoms. The quantitative estimate of drug-likeness (QED) is 0.458. The van der Waals surface area contributed by atoms with Crippen LogP contribution in [0.2, 0.25) is 20.1 Å². The summed E-state index contributed by atoms with van der Waals surface area (Å²) in [6.45, 7) is 3.11. The summed E-state index contributed by atoms with van der Waals surface area (Å²) in [5.74, 6) is -1.01. The Morgan fingerprint density at radius 2 is 1.67 bits per heavy atom. The minimum Gasteiger partial charge on any atom is -0.355 e. The van der Waals surface area contributed by atoms with Crippen LogP contribution in [0.3, 0.4) is 0 Å². The predicted octanol–water partition coefficient (Wildman–Crippen LogP) is 4.62. The van der Waals surface area contributed by atoms with E-state index in [9.17, 15) is 18.0 Å². The number of rotatable bonds is 9. The van der Waals surface area contributed by atoms with Crippen LogP contribution in [0.5, 0.6) is 0 Å². The maximum absolute atomic E-state index is 13.4. The van der Waals surface area contributed by atoms with E-state index in [0.717, 1.165) is 10.6 Å². The zero-order chi connectivity index (χ0) is 24.9. The highest BCUT2D eigenvalue weighted by molar-refractivity contribution is 7.92. The highest BCUT2D eigenvalue weighted by Crippen LogP contribution is 2.35. The monoisotopic (exact) mass is 553 g/mol. The molecule has 0 aliphatic rings. The molecule has 180 valence electrons. The van der Waals surface area contributed by atoms with Gasteiger partial charge < -0.3 is 10.2 Å². The van der Waals surface area contributed by atoms with Gasteiger partial charge in [-0.15, -0.1) is 0 Å². The molecule has 1 unspecified atom stereocenters. The third-order valence-corrected chi connectivity index (χ3v) is 7.08. The van der Waals surface area contributed by atoms with Gasteiger partial charge in [0, 0.05) is 18.1 Å². The Bertz CT molecular complexity index is 1140. The molecule has 2 rings (SSSR count). The van der Waals surface area contributed by atoms with E-state index < -0.39 is 28.5 Å². The molecule has 1 N–H and O–H groups in total. The number of likely N-dealkylation sites (N-methyl/N-ethyl adjacent to an activating group) is 1. The third kappa shape index (κ3) is 7.39. The second-order valence-corrected chi connectivity index (χ2v) is 10.8. The highest BCUT2D eigenvalue weighted by Gasteiger charge is 2.31. The zero-order valence-corrected chi connectivity index (χ0v) is 22.0. The van der Waals surface area contributed by atoms with E-state index in [4.69, 9.17) is 46.4 Å². The molecule has 0 aliphatic carbocycles. The van der Waals surface area contributed by atoms with Gasteiger partial charge in [-0.25, -0.2) is 8.42 Å². The Morgan fingerprint density at radius 1 is 1.03 bits per heavy atom. The van der Waals surface area contributed by atoms with E-state index >= 15 is 0 Å². The Kier molecular flexibility index (Phi) is 9.70. The standard InChI is InChI=1S/C21H23Cl4N3O4S/c1-4-26-21(30)13(2)27(11-14-6-5-7-15(22)8-14)20(29)12-28(33(3,31)32)19-10-17(24)16(23)9-18(19)25/h5-10,13H,4,11-12H2,1-3H3,(H,26,30). The number of amides is 2. The molecular weight excluding hydrogens is 532 g/mol. The summed E-state index contributed by atoms with van der Waals surface area (Å²) in [6, 6.07) is 8.50. The van der Waals surface area contributed by atoms with Crippen LogP contribution in [0.25, 0.3) is 0 Å². The third-order valence-electron chi connectivity index (χ3n) is 4.70. The molecule has 33 heavy (non-hydrogen) atoms. The Morgan fingerprint density at radius 3 is 2.24 bits per heavy atom. The number of benzene rings is 2. The molecule has 0 spiro atoms. The van der Waals surface area contributed by atoms with Gasteiger partial charge in [0.1, 0.15) is 12.6 Å². The minimum absolute atomic E-state index is 0.000732. The maximum Gasteiger partial charge on any atom is 0.244 e. The maximum atomic E-state index is 13.4. The van der Waals surface area contributed by atoms with E-state index in [1.165, 1.54) is 17.0 Å². The second kappa shape index (κ2) is 11.6. The molecule has 2 amide bonds. The van der Waals surface area contributed by atoms with Crippen LogP contribution in [0, 0.1) is 0 Å². The molecule has 0 fully saturated rings. The van der Waals surface area contributed by atoms with Crippen molar-refractivity contribution < 1.29 is 18.0 Å². The number of halogens is 4. The average molecular weight is 555 g/mol. The van der Waals surface area contributed by atoms with Crippen LogP contribution in [-0.4, -0.2) is 50.5 Å². The molecular formula is C21H23Cl4N3O4S. The summed E-state index contributed by atoms with van der Waals surface area (Å²) in [5, 5.41) is 3.35. The van der Waals surface area contributed by atoms with E-state index in [0.29, 0.717) is 17.1 Å². The Labute approximate surface area is 213 Å². The number of hydrogen-bond donors (Lipinski definition) is 1. The van der Waals surface area contributed by atoms with Crippen molar-refractivity contribution in [3.8, 4) is 0 Å². The van der Waals surface area contributed by atoms with E-state index in [1.807, 2.05) is 0 Å². The van der Waals surface area contributed by atoms with Gasteiger partial charge in [0.15, 0.2) is 0 Å². The number of sulfonamides is 1. The molecule has 7 nitrogen and oxygen atoms in total. The lowest BCUT2D eigenvalue weighted by Crippen LogP contribution is -2.51. The van der Waals surface area contributed by atoms with Crippen molar-refractivity contribution in [3.63, 3.8) is 0 Å². The molecule has 0 heterocycles. The van der Waals surface area contributed by atoms with E-state index in [2.05, 4.69) is 5.32 Å². The number of nitrogens with zero attached hydrogens (tertiary/aromatic N) is 2. The molecule has 0 aromatic heterocycles. The average Bonchev–Trinajstić information content (AvgIpc) is 2.72. The molecule has 2 aromatic rings. The first kappa shape index (κ1) is 27.5. The minimum atomic E-state index is -3.96. The predicted molar refractivity (Wildman–Crippen MR) is 134 cm³/mol. The zero-order valence-electron chi connectivity index (χ0n) is 18.1. The van der Waals surface area contributed by atoms with Gasteiger partial charge in [0.05, 0.1) is 27.0 Å². The first-order chi connectivity index (χ1) is 15.3. The number of carbonyl (C=O) groups excluding carboxylic acids is 2. The van der Waals surface area contributed by atoms with Gasteiger partial charge >= 0.3 is 0 Å². The van der Waals surface area contributed by atoms with E-state index in [1.54, 1.807) is 38.1 Å². The SMILES string of the molecule is CCNC(=O)C(C)N(Cc1cccc(Cl)c1)C(=O)CN(c1cc(Cl)c(Cl)cc1Cl)S(C)(=O)=O. The van der Waals surface area contributed by atoms with Crippen molar-refractivity contribution >= 4 is 73.9 Å². The number of carbonyl (C=O) groups is 2. The summed E-state index contributed by atoms with van der Waals surface area (Å²) in [5.41, 5.74) is 0.667. The van der Waals surface area contributed by atoms with Crippen molar-refractivity contribution in [1.82, 2.24) is 10.2 Å². The van der Waals surface area contributed by atoms with Crippen LogP contribution in [-0.2, 0) is 26.2 Å². The van der Waals surface area contributed by atoms with Crippen molar-refractivity contribution in [1.29, 1.82) is 0 Å². The Hall–Kier alpha value is -1.71. The van der Waals surface area contributed by atoms with E-state index in [-0.39, 0.29) is 33.2 Å². The summed E-state index contributed by atoms with van der Waals surface area (Å²) in [4.78, 5) is 27.2. The fourth-order valence-corrected chi connectivity index (χ4v) is 4.79. The van der Waals surface area contributed by atoms with Crippen molar-refractivity contribution in [2.24, 2.45) is 0 Å². The molecule has 1 atom stereocenters. The highest BCUT2D eigenvalue weighted by atomic mass is 35.5. The molecule has 0 radical (unpaired) electrons. The summed E-state index contributed by atoms with van der Waals surface area (Å²) >= 11 is 24.3. The van der Waals surface area contributed by atoms with Crippen LogP contribution >= 0.6 is 46.4 Å². The lowest BCUT2D eigenvalue weighted by molar-refractivity contribution is -0.139. The summed E-state index contributed by atoms with van der Waals surface area (Å²) < 4.78 is 26.0. The molecule has 0 aliphatic heterocycles. The molecule has 0 bridgehead atoms. The van der Waals surface area contributed by atoms with Gasteiger partial charge in [-0.1, -0.05) is 58.5 Å². The topological polar surface area (TPSA) is 86.8 Å². The molecule has 2 aromatic carbocycles. The second-order valence-electron chi connectivity index (χ2n) is 7.21. The first-order valence-electron chi connectivity index (χ1n) is 9.79. The van der Waals surface area contributed by atoms with Gasteiger partial charge in [0.2, 0.25) is 21.8 Å². The van der Waals surface area contributed by atoms with Crippen molar-refractivity contribution in [2.45, 2.75) is 26.4 Å².